The Morgan fingerprint density at radius 1 is 1.18 bits per heavy atom. The topological polar surface area (TPSA) is 0 Å². The van der Waals surface area contributed by atoms with Crippen LogP contribution in [0.2, 0.25) is 0 Å². The van der Waals surface area contributed by atoms with Crippen molar-refractivity contribution in [3.63, 3.8) is 0 Å². The van der Waals surface area contributed by atoms with Crippen molar-refractivity contribution in [2.24, 2.45) is 0 Å². The van der Waals surface area contributed by atoms with Gasteiger partial charge in [-0.2, -0.15) is 0 Å². The van der Waals surface area contributed by atoms with Gasteiger partial charge in [-0.25, -0.2) is 0 Å². The van der Waals surface area contributed by atoms with Gasteiger partial charge in [-0.05, 0) is 0 Å². The van der Waals surface area contributed by atoms with Gasteiger partial charge in [0.25, 0.3) is 0 Å². The first-order chi connectivity index (χ1) is 5.29. The molecule has 0 amide bonds. The van der Waals surface area contributed by atoms with Crippen LogP contribution in [0.5, 0.6) is 0 Å². The van der Waals surface area contributed by atoms with Gasteiger partial charge in [-0.1, -0.05) is 19.2 Å². The Labute approximate surface area is 66.8 Å². The zero-order valence-corrected chi connectivity index (χ0v) is 6.89. The van der Waals surface area contributed by atoms with Gasteiger partial charge in [0.2, 0.25) is 0 Å². The largest absolute Gasteiger partial charge is 0.148 e. The third kappa shape index (κ3) is 0.864. The van der Waals surface area contributed by atoms with E-state index in [-0.39, 0.29) is 0 Å². The first-order valence-corrected chi connectivity index (χ1v) is 3.90. The Bertz CT molecular complexity index is 380. The van der Waals surface area contributed by atoms with E-state index in [1.807, 2.05) is 0 Å². The maximum Gasteiger partial charge on any atom is -0.0536 e. The van der Waals surface area contributed by atoms with Crippen molar-refractivity contribution in [3.8, 4) is 0 Å². The Kier molecular flexibility index (Phi) is 1.28. The molecule has 2 aromatic carbocycles. The van der Waals surface area contributed by atoms with E-state index >= 15 is 0 Å². The molecule has 0 atom stereocenters. The molecular weight excluding hydrogens is 132 g/mol. The molecule has 0 aliphatic carbocycles. The standard InChI is InChI=1S/C11H11/c1-8-7-10-5-3-4-6-11(10)9(8)2/h3-7H,1-2H3/q-1. The van der Waals surface area contributed by atoms with Crippen LogP contribution in [0.3, 0.4) is 0 Å². The van der Waals surface area contributed by atoms with Crippen LogP contribution in [0.25, 0.3) is 10.8 Å². The molecule has 0 aliphatic heterocycles. The fourth-order valence-corrected chi connectivity index (χ4v) is 1.52. The van der Waals surface area contributed by atoms with E-state index in [1.165, 1.54) is 21.9 Å². The van der Waals surface area contributed by atoms with Crippen LogP contribution in [-0.4, -0.2) is 0 Å². The van der Waals surface area contributed by atoms with Gasteiger partial charge < -0.3 is 0 Å². The minimum absolute atomic E-state index is 1.36. The SMILES string of the molecule is Cc1cc2cccc[c-]2c1C. The molecule has 0 fully saturated rings. The molecule has 0 spiro atoms. The highest BCUT2D eigenvalue weighted by atomic mass is 14.0. The van der Waals surface area contributed by atoms with Gasteiger partial charge in [0, 0.05) is 0 Å². The number of benzene rings is 1. The van der Waals surface area contributed by atoms with E-state index in [0.717, 1.165) is 0 Å². The van der Waals surface area contributed by atoms with Crippen LogP contribution >= 0.6 is 0 Å². The summed E-state index contributed by atoms with van der Waals surface area (Å²) in [7, 11) is 0. The zero-order valence-electron chi connectivity index (χ0n) is 6.89. The number of aryl methyl sites for hydroxylation is 2. The Hall–Kier alpha value is -1.17. The lowest BCUT2D eigenvalue weighted by Crippen LogP contribution is -1.68. The van der Waals surface area contributed by atoms with Crippen molar-refractivity contribution >= 4 is 10.8 Å². The highest BCUT2D eigenvalue weighted by molar-refractivity contribution is 5.89. The molecule has 0 saturated heterocycles. The van der Waals surface area contributed by atoms with E-state index in [9.17, 15) is 0 Å². The smallest absolute Gasteiger partial charge is 0.0536 e. The van der Waals surface area contributed by atoms with E-state index in [0.29, 0.717) is 0 Å². The predicted molar refractivity (Wildman–Crippen MR) is 49.0 cm³/mol. The van der Waals surface area contributed by atoms with E-state index in [2.05, 4.69) is 44.2 Å². The third-order valence-electron chi connectivity index (χ3n) is 2.33. The average molecular weight is 143 g/mol. The molecule has 0 N–H and O–H groups in total. The number of hydrogen-bond acceptors (Lipinski definition) is 0. The summed E-state index contributed by atoms with van der Waals surface area (Å²) in [6, 6.07) is 10.8. The lowest BCUT2D eigenvalue weighted by molar-refractivity contribution is 1.42. The van der Waals surface area contributed by atoms with Gasteiger partial charge in [0.05, 0.1) is 0 Å². The minimum Gasteiger partial charge on any atom is -0.148 e. The van der Waals surface area contributed by atoms with Gasteiger partial charge in [0.1, 0.15) is 0 Å². The van der Waals surface area contributed by atoms with Gasteiger partial charge in [0.15, 0.2) is 0 Å². The number of hydrogen-bond donors (Lipinski definition) is 0. The summed E-state index contributed by atoms with van der Waals surface area (Å²) >= 11 is 0. The van der Waals surface area contributed by atoms with Crippen LogP contribution in [0, 0.1) is 13.8 Å². The number of fused-ring (bicyclic) bond motifs is 1. The van der Waals surface area contributed by atoms with Gasteiger partial charge in [-0.15, -0.1) is 46.8 Å². The first-order valence-electron chi connectivity index (χ1n) is 3.90. The second-order valence-electron chi connectivity index (χ2n) is 3.04. The summed E-state index contributed by atoms with van der Waals surface area (Å²) in [4.78, 5) is 0. The van der Waals surface area contributed by atoms with Crippen molar-refractivity contribution in [2.75, 3.05) is 0 Å². The van der Waals surface area contributed by atoms with Crippen LogP contribution in [0.4, 0.5) is 0 Å². The van der Waals surface area contributed by atoms with Crippen LogP contribution in [0.15, 0.2) is 30.3 Å². The number of rotatable bonds is 0. The van der Waals surface area contributed by atoms with Crippen molar-refractivity contribution in [2.45, 2.75) is 13.8 Å². The fourth-order valence-electron chi connectivity index (χ4n) is 1.52. The summed E-state index contributed by atoms with van der Waals surface area (Å²) in [5.74, 6) is 0. The molecule has 0 aromatic heterocycles. The Morgan fingerprint density at radius 2 is 2.00 bits per heavy atom. The molecule has 0 aliphatic rings. The molecule has 56 valence electrons. The van der Waals surface area contributed by atoms with Crippen molar-refractivity contribution in [1.29, 1.82) is 0 Å². The highest BCUT2D eigenvalue weighted by Gasteiger charge is 1.92. The van der Waals surface area contributed by atoms with Gasteiger partial charge >= 0.3 is 0 Å². The maximum absolute atomic E-state index is 2.24. The van der Waals surface area contributed by atoms with Crippen molar-refractivity contribution in [3.05, 3.63) is 41.5 Å². The second-order valence-corrected chi connectivity index (χ2v) is 3.04. The van der Waals surface area contributed by atoms with Crippen LogP contribution < -0.4 is 0 Å². The fraction of sp³-hybridized carbons (Fsp3) is 0.182. The lowest BCUT2D eigenvalue weighted by atomic mass is 10.2. The second kappa shape index (κ2) is 2.16. The summed E-state index contributed by atoms with van der Waals surface area (Å²) in [5.41, 5.74) is 2.81. The normalized spacial score (nSPS) is 10.7. The van der Waals surface area contributed by atoms with E-state index in [4.69, 9.17) is 0 Å². The summed E-state index contributed by atoms with van der Waals surface area (Å²) in [6.45, 7) is 4.34. The highest BCUT2D eigenvalue weighted by Crippen LogP contribution is 2.23. The summed E-state index contributed by atoms with van der Waals surface area (Å²) in [6.07, 6.45) is 0. The van der Waals surface area contributed by atoms with E-state index in [1.54, 1.807) is 0 Å². The molecule has 0 heterocycles. The van der Waals surface area contributed by atoms with E-state index < -0.39 is 0 Å². The molecule has 0 bridgehead atoms. The first kappa shape index (κ1) is 6.53. The molecule has 2 aromatic rings. The molecule has 0 saturated carbocycles. The summed E-state index contributed by atoms with van der Waals surface area (Å²) < 4.78 is 0. The minimum atomic E-state index is 1.36. The molecule has 0 radical (unpaired) electrons. The monoisotopic (exact) mass is 143 g/mol. The Balaban J connectivity index is 2.92. The molecule has 0 unspecified atom stereocenters. The maximum atomic E-state index is 2.24. The quantitative estimate of drug-likeness (QED) is 0.497. The molecule has 11 heavy (non-hydrogen) atoms. The zero-order chi connectivity index (χ0) is 7.84. The third-order valence-corrected chi connectivity index (χ3v) is 2.33. The Morgan fingerprint density at radius 3 is 2.73 bits per heavy atom. The van der Waals surface area contributed by atoms with Crippen LogP contribution in [-0.2, 0) is 0 Å². The lowest BCUT2D eigenvalue weighted by Gasteiger charge is -1.97. The van der Waals surface area contributed by atoms with Gasteiger partial charge in [-0.3, -0.25) is 0 Å². The van der Waals surface area contributed by atoms with Crippen molar-refractivity contribution in [1.82, 2.24) is 0 Å². The molecule has 0 heteroatoms. The van der Waals surface area contributed by atoms with Crippen molar-refractivity contribution < 1.29 is 0 Å². The average Bonchev–Trinajstić information content (AvgIpc) is 2.30. The molecule has 0 nitrogen and oxygen atoms in total. The predicted octanol–water partition coefficient (Wildman–Crippen LogP) is 3.18. The molecular formula is C11H11-. The van der Waals surface area contributed by atoms with Crippen LogP contribution in [0.1, 0.15) is 11.1 Å². The molecule has 2 rings (SSSR count). The summed E-state index contributed by atoms with van der Waals surface area (Å²) in [5, 5.41) is 2.76.